The molecule has 6 heteroatoms. The van der Waals surface area contributed by atoms with Crippen LogP contribution in [0.3, 0.4) is 0 Å². The van der Waals surface area contributed by atoms with Gasteiger partial charge in [-0.15, -0.1) is 0 Å². The Labute approximate surface area is 135 Å². The number of nitrogens with one attached hydrogen (secondary N) is 1. The van der Waals surface area contributed by atoms with Crippen LogP contribution < -0.4 is 5.32 Å². The number of hydrogen-bond acceptors (Lipinski definition) is 5. The van der Waals surface area contributed by atoms with Crippen molar-refractivity contribution in [2.45, 2.75) is 44.6 Å². The van der Waals surface area contributed by atoms with E-state index in [4.69, 9.17) is 0 Å². The van der Waals surface area contributed by atoms with Gasteiger partial charge in [0, 0.05) is 23.9 Å². The van der Waals surface area contributed by atoms with Gasteiger partial charge in [-0.1, -0.05) is 12.8 Å². The highest BCUT2D eigenvalue weighted by Crippen LogP contribution is 2.37. The molecule has 0 unspecified atom stereocenters. The lowest BCUT2D eigenvalue weighted by Crippen LogP contribution is -2.17. The van der Waals surface area contributed by atoms with E-state index in [9.17, 15) is 5.26 Å². The van der Waals surface area contributed by atoms with Crippen molar-refractivity contribution in [3.63, 3.8) is 0 Å². The van der Waals surface area contributed by atoms with Gasteiger partial charge in [-0.05, 0) is 25.2 Å². The van der Waals surface area contributed by atoms with Gasteiger partial charge in [0.2, 0.25) is 0 Å². The van der Waals surface area contributed by atoms with Crippen molar-refractivity contribution >= 4 is 5.82 Å². The molecule has 1 aliphatic heterocycles. The Morgan fingerprint density at radius 1 is 1.35 bits per heavy atom. The van der Waals surface area contributed by atoms with Crippen molar-refractivity contribution in [2.75, 3.05) is 11.9 Å². The van der Waals surface area contributed by atoms with Gasteiger partial charge >= 0.3 is 0 Å². The third kappa shape index (κ3) is 2.56. The van der Waals surface area contributed by atoms with Crippen molar-refractivity contribution < 1.29 is 0 Å². The fraction of sp³-hybridized carbons (Fsp3) is 0.529. The number of fused-ring (bicyclic) bond motifs is 1. The maximum atomic E-state index is 9.19. The molecule has 23 heavy (non-hydrogen) atoms. The molecule has 0 saturated heterocycles. The Morgan fingerprint density at radius 2 is 2.22 bits per heavy atom. The largest absolute Gasteiger partial charge is 0.369 e. The zero-order valence-corrected chi connectivity index (χ0v) is 13.1. The third-order valence-electron chi connectivity index (χ3n) is 5.07. The first-order valence-corrected chi connectivity index (χ1v) is 8.36. The van der Waals surface area contributed by atoms with Gasteiger partial charge in [0.15, 0.2) is 0 Å². The first-order valence-electron chi connectivity index (χ1n) is 8.36. The second-order valence-corrected chi connectivity index (χ2v) is 6.41. The first-order chi connectivity index (χ1) is 11.4. The van der Waals surface area contributed by atoms with Crippen LogP contribution in [0.4, 0.5) is 5.82 Å². The Morgan fingerprint density at radius 3 is 3.04 bits per heavy atom. The molecule has 2 aliphatic rings. The van der Waals surface area contributed by atoms with E-state index < -0.39 is 0 Å². The van der Waals surface area contributed by atoms with E-state index in [1.165, 1.54) is 31.2 Å². The van der Waals surface area contributed by atoms with Crippen molar-refractivity contribution in [3.8, 4) is 17.3 Å². The average molecular weight is 308 g/mol. The van der Waals surface area contributed by atoms with Gasteiger partial charge in [-0.2, -0.15) is 10.4 Å². The lowest BCUT2D eigenvalue weighted by Gasteiger charge is -2.21. The summed E-state index contributed by atoms with van der Waals surface area (Å²) in [6.07, 6.45) is 11.9. The van der Waals surface area contributed by atoms with E-state index in [1.807, 2.05) is 10.9 Å². The smallest absolute Gasteiger partial charge is 0.133 e. The van der Waals surface area contributed by atoms with Crippen molar-refractivity contribution in [1.29, 1.82) is 5.26 Å². The van der Waals surface area contributed by atoms with Crippen LogP contribution in [-0.2, 0) is 6.42 Å². The summed E-state index contributed by atoms with van der Waals surface area (Å²) in [4.78, 5) is 8.75. The summed E-state index contributed by atoms with van der Waals surface area (Å²) < 4.78 is 1.99. The Bertz CT molecular complexity index is 738. The van der Waals surface area contributed by atoms with Crippen LogP contribution in [0.2, 0.25) is 0 Å². The number of nitriles is 1. The van der Waals surface area contributed by atoms with E-state index in [0.717, 1.165) is 30.0 Å². The maximum Gasteiger partial charge on any atom is 0.133 e. The predicted octanol–water partition coefficient (Wildman–Crippen LogP) is 2.95. The van der Waals surface area contributed by atoms with E-state index in [-0.39, 0.29) is 6.04 Å². The Balaban J connectivity index is 1.66. The van der Waals surface area contributed by atoms with Gasteiger partial charge in [-0.3, -0.25) is 4.68 Å². The number of anilines is 1. The molecule has 3 heterocycles. The van der Waals surface area contributed by atoms with Crippen molar-refractivity contribution in [3.05, 3.63) is 24.3 Å². The van der Waals surface area contributed by atoms with E-state index in [0.29, 0.717) is 12.3 Å². The standard InChI is InChI=1S/C17H20N6/c18-7-5-15(12-3-1-2-4-12)23-10-13(9-22-23)16-14-6-8-19-17(14)21-11-20-16/h9-12,15H,1-6,8H2,(H,19,20,21)/t15-/m1/s1. The topological polar surface area (TPSA) is 79.4 Å². The molecule has 1 aliphatic carbocycles. The third-order valence-corrected chi connectivity index (χ3v) is 5.07. The highest BCUT2D eigenvalue weighted by molar-refractivity contribution is 5.69. The quantitative estimate of drug-likeness (QED) is 0.939. The van der Waals surface area contributed by atoms with Crippen LogP contribution in [0.1, 0.15) is 43.7 Å². The van der Waals surface area contributed by atoms with Gasteiger partial charge in [0.1, 0.15) is 12.1 Å². The molecule has 1 atom stereocenters. The molecule has 0 spiro atoms. The molecule has 2 aromatic rings. The molecule has 0 amide bonds. The van der Waals surface area contributed by atoms with Crippen LogP contribution in [0.15, 0.2) is 18.7 Å². The monoisotopic (exact) mass is 308 g/mol. The molecular weight excluding hydrogens is 288 g/mol. The second-order valence-electron chi connectivity index (χ2n) is 6.41. The van der Waals surface area contributed by atoms with Crippen molar-refractivity contribution in [1.82, 2.24) is 19.7 Å². The summed E-state index contributed by atoms with van der Waals surface area (Å²) in [6.45, 7) is 0.911. The average Bonchev–Trinajstić information content (AvgIpc) is 3.32. The zero-order valence-electron chi connectivity index (χ0n) is 13.1. The number of rotatable bonds is 4. The van der Waals surface area contributed by atoms with Gasteiger partial charge in [0.05, 0.1) is 30.4 Å². The maximum absolute atomic E-state index is 9.19. The first kappa shape index (κ1) is 14.2. The summed E-state index contributed by atoms with van der Waals surface area (Å²) in [6, 6.07) is 2.52. The summed E-state index contributed by atoms with van der Waals surface area (Å²) in [5.41, 5.74) is 3.16. The highest BCUT2D eigenvalue weighted by Gasteiger charge is 2.27. The molecule has 1 N–H and O–H groups in total. The van der Waals surface area contributed by atoms with Crippen molar-refractivity contribution in [2.24, 2.45) is 5.92 Å². The minimum atomic E-state index is 0.185. The summed E-state index contributed by atoms with van der Waals surface area (Å²) >= 11 is 0. The normalized spacial score (nSPS) is 18.4. The summed E-state index contributed by atoms with van der Waals surface area (Å²) in [5, 5.41) is 17.0. The molecule has 2 aromatic heterocycles. The minimum Gasteiger partial charge on any atom is -0.369 e. The van der Waals surface area contributed by atoms with E-state index in [2.05, 4.69) is 32.6 Å². The molecule has 4 rings (SSSR count). The van der Waals surface area contributed by atoms with Crippen LogP contribution in [-0.4, -0.2) is 26.3 Å². The molecule has 0 radical (unpaired) electrons. The van der Waals surface area contributed by atoms with Gasteiger partial charge in [-0.25, -0.2) is 9.97 Å². The lowest BCUT2D eigenvalue weighted by atomic mass is 9.96. The second kappa shape index (κ2) is 5.99. The molecule has 118 valence electrons. The molecule has 1 saturated carbocycles. The van der Waals surface area contributed by atoms with Gasteiger partial charge in [0.25, 0.3) is 0 Å². The fourth-order valence-electron chi connectivity index (χ4n) is 3.91. The summed E-state index contributed by atoms with van der Waals surface area (Å²) in [5.74, 6) is 1.51. The van der Waals surface area contributed by atoms with Crippen LogP contribution in [0.5, 0.6) is 0 Å². The Kier molecular flexibility index (Phi) is 3.70. The highest BCUT2D eigenvalue weighted by atomic mass is 15.3. The minimum absolute atomic E-state index is 0.185. The Hall–Kier alpha value is -2.42. The molecule has 1 fully saturated rings. The summed E-state index contributed by atoms with van der Waals surface area (Å²) in [7, 11) is 0. The SMILES string of the molecule is N#CC[C@H](C1CCCC1)n1cc(-c2ncnc3c2CCN3)cn1. The molecule has 0 bridgehead atoms. The number of aromatic nitrogens is 4. The van der Waals surface area contributed by atoms with E-state index in [1.54, 1.807) is 6.33 Å². The number of nitrogens with zero attached hydrogens (tertiary/aromatic N) is 5. The van der Waals surface area contributed by atoms with Crippen LogP contribution in [0, 0.1) is 17.2 Å². The van der Waals surface area contributed by atoms with Gasteiger partial charge < -0.3 is 5.32 Å². The zero-order chi connectivity index (χ0) is 15.6. The van der Waals surface area contributed by atoms with Crippen LogP contribution in [0.25, 0.3) is 11.3 Å². The van der Waals surface area contributed by atoms with E-state index >= 15 is 0 Å². The molecule has 6 nitrogen and oxygen atoms in total. The molecule has 0 aromatic carbocycles. The number of hydrogen-bond donors (Lipinski definition) is 1. The fourth-order valence-corrected chi connectivity index (χ4v) is 3.91. The van der Waals surface area contributed by atoms with Crippen LogP contribution >= 0.6 is 0 Å². The molecular formula is C17H20N6. The lowest BCUT2D eigenvalue weighted by molar-refractivity contribution is 0.315. The predicted molar refractivity (Wildman–Crippen MR) is 86.7 cm³/mol.